The summed E-state index contributed by atoms with van der Waals surface area (Å²) in [6.07, 6.45) is 1.86. The summed E-state index contributed by atoms with van der Waals surface area (Å²) < 4.78 is 1.81. The van der Waals surface area contributed by atoms with Crippen LogP contribution in [0.5, 0.6) is 0 Å². The molecule has 1 amide bonds. The largest absolute Gasteiger partial charge is 0.347 e. The van der Waals surface area contributed by atoms with Crippen molar-refractivity contribution in [1.82, 2.24) is 9.88 Å². The van der Waals surface area contributed by atoms with Gasteiger partial charge >= 0.3 is 0 Å². The van der Waals surface area contributed by atoms with Gasteiger partial charge in [-0.05, 0) is 52.2 Å². The Morgan fingerprint density at radius 1 is 1.18 bits per heavy atom. The van der Waals surface area contributed by atoms with Gasteiger partial charge in [0.2, 0.25) is 0 Å². The van der Waals surface area contributed by atoms with Gasteiger partial charge < -0.3 is 9.88 Å². The van der Waals surface area contributed by atoms with Gasteiger partial charge in [-0.2, -0.15) is 11.3 Å². The van der Waals surface area contributed by atoms with Crippen molar-refractivity contribution in [2.45, 2.75) is 6.04 Å². The van der Waals surface area contributed by atoms with Crippen molar-refractivity contribution in [2.24, 2.45) is 7.05 Å². The van der Waals surface area contributed by atoms with Crippen LogP contribution in [0, 0.1) is 0 Å². The first-order valence-electron chi connectivity index (χ1n) is 6.85. The molecular formula is C17H15ClN2OS. The van der Waals surface area contributed by atoms with Gasteiger partial charge in [0.25, 0.3) is 5.91 Å². The maximum Gasteiger partial charge on any atom is 0.268 e. The number of amides is 1. The van der Waals surface area contributed by atoms with Crippen LogP contribution in [0.2, 0.25) is 5.02 Å². The first kappa shape index (κ1) is 14.9. The molecule has 0 bridgehead atoms. The summed E-state index contributed by atoms with van der Waals surface area (Å²) in [5.41, 5.74) is 2.70. The van der Waals surface area contributed by atoms with E-state index in [4.69, 9.17) is 11.6 Å². The SMILES string of the molecule is Cn1cccc1C(=O)NC(c1ccc(Cl)cc1)c1ccsc1. The highest BCUT2D eigenvalue weighted by atomic mass is 35.5. The van der Waals surface area contributed by atoms with Crippen LogP contribution in [0.4, 0.5) is 0 Å². The van der Waals surface area contributed by atoms with Crippen molar-refractivity contribution >= 4 is 28.8 Å². The highest BCUT2D eigenvalue weighted by molar-refractivity contribution is 7.08. The topological polar surface area (TPSA) is 34.0 Å². The van der Waals surface area contributed by atoms with Gasteiger partial charge in [-0.3, -0.25) is 4.79 Å². The lowest BCUT2D eigenvalue weighted by Crippen LogP contribution is -2.30. The van der Waals surface area contributed by atoms with E-state index in [1.54, 1.807) is 11.3 Å². The minimum atomic E-state index is -0.189. The number of carbonyl (C=O) groups is 1. The summed E-state index contributed by atoms with van der Waals surface area (Å²) in [4.78, 5) is 12.5. The molecule has 1 atom stereocenters. The predicted molar refractivity (Wildman–Crippen MR) is 90.5 cm³/mol. The van der Waals surface area contributed by atoms with Gasteiger partial charge in [-0.15, -0.1) is 0 Å². The number of carbonyl (C=O) groups excluding carboxylic acids is 1. The lowest BCUT2D eigenvalue weighted by molar-refractivity contribution is 0.0935. The Balaban J connectivity index is 1.91. The summed E-state index contributed by atoms with van der Waals surface area (Å²) >= 11 is 7.57. The van der Waals surface area contributed by atoms with Gasteiger partial charge in [0.05, 0.1) is 6.04 Å². The third kappa shape index (κ3) is 3.08. The molecule has 2 heterocycles. The Bertz CT molecular complexity index is 762. The summed E-state index contributed by atoms with van der Waals surface area (Å²) in [7, 11) is 1.86. The van der Waals surface area contributed by atoms with E-state index in [2.05, 4.69) is 5.32 Å². The van der Waals surface area contributed by atoms with Crippen LogP contribution in [0.3, 0.4) is 0 Å². The minimum Gasteiger partial charge on any atom is -0.347 e. The number of thiophene rings is 1. The zero-order valence-corrected chi connectivity index (χ0v) is 13.6. The number of nitrogens with zero attached hydrogens (tertiary/aromatic N) is 1. The second-order valence-electron chi connectivity index (χ2n) is 5.02. The molecular weight excluding hydrogens is 316 g/mol. The van der Waals surface area contributed by atoms with Crippen LogP contribution in [0.1, 0.15) is 27.7 Å². The minimum absolute atomic E-state index is 0.0985. The number of rotatable bonds is 4. The third-order valence-corrected chi connectivity index (χ3v) is 4.49. The lowest BCUT2D eigenvalue weighted by Gasteiger charge is -2.19. The lowest BCUT2D eigenvalue weighted by atomic mass is 10.0. The van der Waals surface area contributed by atoms with E-state index in [0.29, 0.717) is 10.7 Å². The van der Waals surface area contributed by atoms with E-state index in [0.717, 1.165) is 11.1 Å². The fourth-order valence-electron chi connectivity index (χ4n) is 2.36. The molecule has 0 spiro atoms. The highest BCUT2D eigenvalue weighted by Gasteiger charge is 2.19. The van der Waals surface area contributed by atoms with E-state index in [9.17, 15) is 4.79 Å². The zero-order chi connectivity index (χ0) is 15.5. The first-order valence-corrected chi connectivity index (χ1v) is 8.17. The Morgan fingerprint density at radius 3 is 2.55 bits per heavy atom. The Morgan fingerprint density at radius 2 is 1.95 bits per heavy atom. The number of benzene rings is 1. The first-order chi connectivity index (χ1) is 10.6. The molecule has 1 N–H and O–H groups in total. The summed E-state index contributed by atoms with van der Waals surface area (Å²) in [6.45, 7) is 0. The third-order valence-electron chi connectivity index (χ3n) is 3.53. The van der Waals surface area contributed by atoms with Crippen molar-refractivity contribution in [2.75, 3.05) is 0 Å². The average Bonchev–Trinajstić information content (AvgIpc) is 3.17. The number of nitrogens with one attached hydrogen (secondary N) is 1. The Hall–Kier alpha value is -2.04. The molecule has 3 aromatic rings. The molecule has 22 heavy (non-hydrogen) atoms. The molecule has 0 fully saturated rings. The van der Waals surface area contributed by atoms with Crippen molar-refractivity contribution in [3.63, 3.8) is 0 Å². The van der Waals surface area contributed by atoms with E-state index in [1.807, 2.05) is 71.0 Å². The maximum atomic E-state index is 12.5. The van der Waals surface area contributed by atoms with Gasteiger partial charge in [0, 0.05) is 18.3 Å². The molecule has 0 aliphatic rings. The number of hydrogen-bond acceptors (Lipinski definition) is 2. The smallest absolute Gasteiger partial charge is 0.268 e. The fraction of sp³-hybridized carbons (Fsp3) is 0.118. The number of aryl methyl sites for hydroxylation is 1. The highest BCUT2D eigenvalue weighted by Crippen LogP contribution is 2.25. The number of hydrogen-bond donors (Lipinski definition) is 1. The molecule has 5 heteroatoms. The molecule has 0 saturated carbocycles. The summed E-state index contributed by atoms with van der Waals surface area (Å²) in [5.74, 6) is -0.0985. The second-order valence-corrected chi connectivity index (χ2v) is 6.24. The molecule has 1 unspecified atom stereocenters. The molecule has 2 aromatic heterocycles. The average molecular weight is 331 g/mol. The van der Waals surface area contributed by atoms with Crippen LogP contribution >= 0.6 is 22.9 Å². The quantitative estimate of drug-likeness (QED) is 0.762. The number of halogens is 1. The van der Waals surface area contributed by atoms with Crippen molar-refractivity contribution in [1.29, 1.82) is 0 Å². The van der Waals surface area contributed by atoms with Gasteiger partial charge in [-0.25, -0.2) is 0 Å². The van der Waals surface area contributed by atoms with Crippen LogP contribution < -0.4 is 5.32 Å². The molecule has 0 radical (unpaired) electrons. The maximum absolute atomic E-state index is 12.5. The zero-order valence-electron chi connectivity index (χ0n) is 12.0. The Labute approximate surface area is 138 Å². The van der Waals surface area contributed by atoms with E-state index >= 15 is 0 Å². The van der Waals surface area contributed by atoms with Gasteiger partial charge in [-0.1, -0.05) is 23.7 Å². The molecule has 0 saturated heterocycles. The van der Waals surface area contributed by atoms with Crippen molar-refractivity contribution < 1.29 is 4.79 Å². The van der Waals surface area contributed by atoms with Crippen molar-refractivity contribution in [3.8, 4) is 0 Å². The number of aromatic nitrogens is 1. The second kappa shape index (κ2) is 6.38. The summed E-state index contributed by atoms with van der Waals surface area (Å²) in [5, 5.41) is 7.84. The van der Waals surface area contributed by atoms with Crippen LogP contribution in [0.15, 0.2) is 59.4 Å². The van der Waals surface area contributed by atoms with Crippen LogP contribution in [-0.2, 0) is 7.05 Å². The molecule has 3 nitrogen and oxygen atoms in total. The Kier molecular flexibility index (Phi) is 4.32. The van der Waals surface area contributed by atoms with E-state index in [1.165, 1.54) is 0 Å². The fourth-order valence-corrected chi connectivity index (χ4v) is 3.17. The van der Waals surface area contributed by atoms with Crippen LogP contribution in [0.25, 0.3) is 0 Å². The standard InChI is InChI=1S/C17H15ClN2OS/c1-20-9-2-3-15(20)17(21)19-16(13-8-10-22-11-13)12-4-6-14(18)7-5-12/h2-11,16H,1H3,(H,19,21). The molecule has 3 rings (SSSR count). The van der Waals surface area contributed by atoms with E-state index in [-0.39, 0.29) is 11.9 Å². The molecule has 112 valence electrons. The van der Waals surface area contributed by atoms with E-state index < -0.39 is 0 Å². The molecule has 1 aromatic carbocycles. The molecule has 0 aliphatic carbocycles. The summed E-state index contributed by atoms with van der Waals surface area (Å²) in [6, 6.07) is 13.1. The van der Waals surface area contributed by atoms with Crippen molar-refractivity contribution in [3.05, 3.63) is 81.3 Å². The van der Waals surface area contributed by atoms with Gasteiger partial charge in [0.15, 0.2) is 0 Å². The monoisotopic (exact) mass is 330 g/mol. The van der Waals surface area contributed by atoms with Crippen LogP contribution in [-0.4, -0.2) is 10.5 Å². The molecule has 0 aliphatic heterocycles. The van der Waals surface area contributed by atoms with Gasteiger partial charge in [0.1, 0.15) is 5.69 Å². The normalized spacial score (nSPS) is 12.1. The predicted octanol–water partition coefficient (Wildman–Crippen LogP) is 4.26.